The predicted octanol–water partition coefficient (Wildman–Crippen LogP) is 4.05. The molecule has 0 saturated heterocycles. The summed E-state index contributed by atoms with van der Waals surface area (Å²) in [4.78, 5) is 12.4. The van der Waals surface area contributed by atoms with Crippen molar-refractivity contribution in [1.29, 1.82) is 0 Å². The minimum Gasteiger partial charge on any atom is -0.325 e. The van der Waals surface area contributed by atoms with E-state index in [0.29, 0.717) is 16.8 Å². The Bertz CT molecular complexity index is 930. The number of thioether (sulfide) groups is 1. The molecule has 0 aliphatic rings. The number of rotatable bonds is 7. The summed E-state index contributed by atoms with van der Waals surface area (Å²) in [6, 6.07) is 13.8. The molecular weight excluding hydrogens is 365 g/mol. The molecule has 0 bridgehead atoms. The molecule has 140 valence electrons. The second kappa shape index (κ2) is 8.77. The van der Waals surface area contributed by atoms with Crippen LogP contribution in [0.1, 0.15) is 31.7 Å². The fraction of sp³-hybridized carbons (Fsp3) is 0.263. The standard InChI is InChI=1S/C19H20FN5OS/c1-3-13(2)16-9-4-5-10-17(16)21-18(26)12-27-19-22-23-24-25(19)15-8-6-7-14(20)11-15/h4-11,13H,3,12H2,1-2H3,(H,21,26). The van der Waals surface area contributed by atoms with E-state index in [0.717, 1.165) is 17.7 Å². The Morgan fingerprint density at radius 3 is 2.85 bits per heavy atom. The average Bonchev–Trinajstić information content (AvgIpc) is 3.15. The first-order valence-electron chi connectivity index (χ1n) is 8.64. The van der Waals surface area contributed by atoms with Crippen LogP contribution in [-0.4, -0.2) is 31.9 Å². The van der Waals surface area contributed by atoms with Gasteiger partial charge in [-0.1, -0.05) is 49.9 Å². The summed E-state index contributed by atoms with van der Waals surface area (Å²) < 4.78 is 14.8. The van der Waals surface area contributed by atoms with Crippen molar-refractivity contribution in [1.82, 2.24) is 20.2 Å². The number of halogens is 1. The van der Waals surface area contributed by atoms with E-state index in [9.17, 15) is 9.18 Å². The number of aromatic nitrogens is 4. The molecule has 1 heterocycles. The third-order valence-corrected chi connectivity index (χ3v) is 5.12. The number of carbonyl (C=O) groups excluding carboxylic acids is 1. The summed E-state index contributed by atoms with van der Waals surface area (Å²) in [7, 11) is 0. The van der Waals surface area contributed by atoms with E-state index in [1.54, 1.807) is 12.1 Å². The molecule has 0 radical (unpaired) electrons. The van der Waals surface area contributed by atoms with Crippen molar-refractivity contribution in [2.75, 3.05) is 11.1 Å². The average molecular weight is 385 g/mol. The van der Waals surface area contributed by atoms with Crippen molar-refractivity contribution in [3.8, 4) is 5.69 Å². The Kier molecular flexibility index (Phi) is 6.18. The van der Waals surface area contributed by atoms with Crippen molar-refractivity contribution < 1.29 is 9.18 Å². The van der Waals surface area contributed by atoms with Crippen molar-refractivity contribution in [3.05, 3.63) is 59.9 Å². The van der Waals surface area contributed by atoms with Gasteiger partial charge in [0.2, 0.25) is 11.1 Å². The quantitative estimate of drug-likeness (QED) is 0.621. The Morgan fingerprint density at radius 1 is 1.26 bits per heavy atom. The van der Waals surface area contributed by atoms with E-state index in [1.807, 2.05) is 24.3 Å². The monoisotopic (exact) mass is 385 g/mol. The van der Waals surface area contributed by atoms with Crippen molar-refractivity contribution in [2.24, 2.45) is 0 Å². The molecule has 1 aromatic heterocycles. The first-order valence-corrected chi connectivity index (χ1v) is 9.63. The molecule has 6 nitrogen and oxygen atoms in total. The number of tetrazole rings is 1. The Hall–Kier alpha value is -2.74. The number of para-hydroxylation sites is 1. The normalized spacial score (nSPS) is 12.0. The third kappa shape index (κ3) is 4.71. The number of amides is 1. The number of nitrogens with zero attached hydrogens (tertiary/aromatic N) is 4. The fourth-order valence-electron chi connectivity index (χ4n) is 2.62. The SMILES string of the molecule is CCC(C)c1ccccc1NC(=O)CSc1nnnn1-c1cccc(F)c1. The Balaban J connectivity index is 1.67. The molecule has 2 aromatic carbocycles. The highest BCUT2D eigenvalue weighted by Gasteiger charge is 2.14. The van der Waals surface area contributed by atoms with Crippen molar-refractivity contribution in [2.45, 2.75) is 31.3 Å². The van der Waals surface area contributed by atoms with E-state index in [-0.39, 0.29) is 17.5 Å². The molecule has 1 atom stereocenters. The van der Waals surface area contributed by atoms with Crippen LogP contribution in [0, 0.1) is 5.82 Å². The maximum atomic E-state index is 13.4. The number of hydrogen-bond acceptors (Lipinski definition) is 5. The van der Waals surface area contributed by atoms with Crippen LogP contribution in [0.3, 0.4) is 0 Å². The molecule has 3 rings (SSSR count). The smallest absolute Gasteiger partial charge is 0.234 e. The molecule has 3 aromatic rings. The summed E-state index contributed by atoms with van der Waals surface area (Å²) in [6.07, 6.45) is 0.990. The molecule has 0 spiro atoms. The molecule has 1 unspecified atom stereocenters. The van der Waals surface area contributed by atoms with Gasteiger partial charge in [0.1, 0.15) is 5.82 Å². The molecule has 1 N–H and O–H groups in total. The van der Waals surface area contributed by atoms with Crippen LogP contribution in [0.2, 0.25) is 0 Å². The van der Waals surface area contributed by atoms with Gasteiger partial charge in [-0.2, -0.15) is 4.68 Å². The van der Waals surface area contributed by atoms with Gasteiger partial charge in [-0.25, -0.2) is 4.39 Å². The molecule has 8 heteroatoms. The van der Waals surface area contributed by atoms with Gasteiger partial charge in [0.15, 0.2) is 0 Å². The van der Waals surface area contributed by atoms with Crippen LogP contribution >= 0.6 is 11.8 Å². The van der Waals surface area contributed by atoms with Crippen LogP contribution in [0.25, 0.3) is 5.69 Å². The zero-order valence-corrected chi connectivity index (χ0v) is 15.9. The summed E-state index contributed by atoms with van der Waals surface area (Å²) in [5.41, 5.74) is 2.44. The van der Waals surface area contributed by atoms with Crippen LogP contribution in [0.5, 0.6) is 0 Å². The fourth-order valence-corrected chi connectivity index (χ4v) is 3.31. The van der Waals surface area contributed by atoms with E-state index in [2.05, 4.69) is 34.7 Å². The van der Waals surface area contributed by atoms with Gasteiger partial charge < -0.3 is 5.32 Å². The lowest BCUT2D eigenvalue weighted by molar-refractivity contribution is -0.113. The van der Waals surface area contributed by atoms with Crippen LogP contribution in [-0.2, 0) is 4.79 Å². The third-order valence-electron chi connectivity index (χ3n) is 4.20. The van der Waals surface area contributed by atoms with Gasteiger partial charge in [-0.3, -0.25) is 4.79 Å². The van der Waals surface area contributed by atoms with Gasteiger partial charge in [0.05, 0.1) is 11.4 Å². The first-order chi connectivity index (χ1) is 13.1. The minimum atomic E-state index is -0.377. The largest absolute Gasteiger partial charge is 0.325 e. The number of anilines is 1. The van der Waals surface area contributed by atoms with Crippen LogP contribution in [0.4, 0.5) is 10.1 Å². The van der Waals surface area contributed by atoms with Gasteiger partial charge in [0, 0.05) is 5.69 Å². The highest BCUT2D eigenvalue weighted by molar-refractivity contribution is 7.99. The Labute approximate surface area is 161 Å². The van der Waals surface area contributed by atoms with E-state index < -0.39 is 0 Å². The number of benzene rings is 2. The molecule has 27 heavy (non-hydrogen) atoms. The second-order valence-electron chi connectivity index (χ2n) is 6.09. The van der Waals surface area contributed by atoms with E-state index in [4.69, 9.17) is 0 Å². The van der Waals surface area contributed by atoms with Gasteiger partial charge in [0.25, 0.3) is 0 Å². The van der Waals surface area contributed by atoms with Crippen LogP contribution < -0.4 is 5.32 Å². The van der Waals surface area contributed by atoms with Crippen LogP contribution in [0.15, 0.2) is 53.7 Å². The highest BCUT2D eigenvalue weighted by Crippen LogP contribution is 2.27. The summed E-state index contributed by atoms with van der Waals surface area (Å²) >= 11 is 1.19. The lowest BCUT2D eigenvalue weighted by Gasteiger charge is -2.15. The predicted molar refractivity (Wildman–Crippen MR) is 104 cm³/mol. The van der Waals surface area contributed by atoms with Gasteiger partial charge >= 0.3 is 0 Å². The highest BCUT2D eigenvalue weighted by atomic mass is 32.2. The molecule has 0 fully saturated rings. The first kappa shape index (κ1) is 19.0. The van der Waals surface area contributed by atoms with E-state index in [1.165, 1.54) is 28.6 Å². The lowest BCUT2D eigenvalue weighted by Crippen LogP contribution is -2.16. The maximum Gasteiger partial charge on any atom is 0.234 e. The zero-order chi connectivity index (χ0) is 19.2. The maximum absolute atomic E-state index is 13.4. The summed E-state index contributed by atoms with van der Waals surface area (Å²) in [6.45, 7) is 4.25. The van der Waals surface area contributed by atoms with E-state index >= 15 is 0 Å². The second-order valence-corrected chi connectivity index (χ2v) is 7.03. The van der Waals surface area contributed by atoms with Gasteiger partial charge in [-0.05, 0) is 52.6 Å². The molecule has 1 amide bonds. The van der Waals surface area contributed by atoms with Crippen molar-refractivity contribution >= 4 is 23.4 Å². The van der Waals surface area contributed by atoms with Gasteiger partial charge in [-0.15, -0.1) is 5.10 Å². The number of nitrogens with one attached hydrogen (secondary N) is 1. The molecule has 0 aliphatic heterocycles. The molecular formula is C19H20FN5OS. The summed E-state index contributed by atoms with van der Waals surface area (Å²) in [5, 5.41) is 14.8. The minimum absolute atomic E-state index is 0.143. The summed E-state index contributed by atoms with van der Waals surface area (Å²) in [5.74, 6) is -0.0258. The zero-order valence-electron chi connectivity index (χ0n) is 15.1. The topological polar surface area (TPSA) is 72.7 Å². The lowest BCUT2D eigenvalue weighted by atomic mass is 9.97. The Morgan fingerprint density at radius 2 is 2.07 bits per heavy atom. The molecule has 0 saturated carbocycles. The number of carbonyl (C=O) groups is 1. The van der Waals surface area contributed by atoms with Crippen molar-refractivity contribution in [3.63, 3.8) is 0 Å². The number of hydrogen-bond donors (Lipinski definition) is 1. The molecule has 0 aliphatic carbocycles.